The first-order chi connectivity index (χ1) is 16.9. The van der Waals surface area contributed by atoms with Gasteiger partial charge in [0.1, 0.15) is 11.8 Å². The summed E-state index contributed by atoms with van der Waals surface area (Å²) in [6.07, 6.45) is 0.429. The lowest BCUT2D eigenvalue weighted by Gasteiger charge is -2.28. The van der Waals surface area contributed by atoms with E-state index in [1.165, 1.54) is 4.90 Å². The van der Waals surface area contributed by atoms with E-state index in [2.05, 4.69) is 0 Å². The topological polar surface area (TPSA) is 66.9 Å². The molecule has 1 fully saturated rings. The smallest absolute Gasteiger partial charge is 0.257 e. The largest absolute Gasteiger partial charge is 0.494 e. The number of ether oxygens (including phenoxy) is 1. The van der Waals surface area contributed by atoms with E-state index in [1.807, 2.05) is 44.2 Å². The van der Waals surface area contributed by atoms with Gasteiger partial charge in [-0.2, -0.15) is 0 Å². The minimum atomic E-state index is -0.887. The van der Waals surface area contributed by atoms with E-state index in [-0.39, 0.29) is 24.8 Å². The zero-order chi connectivity index (χ0) is 24.9. The first-order valence-corrected chi connectivity index (χ1v) is 12.0. The van der Waals surface area contributed by atoms with Gasteiger partial charge in [-0.05, 0) is 74.4 Å². The molecule has 0 N–H and O–H groups in total. The molecule has 35 heavy (non-hydrogen) atoms. The van der Waals surface area contributed by atoms with Gasteiger partial charge in [-0.15, -0.1) is 0 Å². The van der Waals surface area contributed by atoms with E-state index in [0.29, 0.717) is 35.1 Å². The van der Waals surface area contributed by atoms with Crippen molar-refractivity contribution < 1.29 is 19.1 Å². The Balaban J connectivity index is 1.61. The molecule has 3 aromatic rings. The van der Waals surface area contributed by atoms with Crippen LogP contribution in [0.25, 0.3) is 0 Å². The van der Waals surface area contributed by atoms with Gasteiger partial charge in [0, 0.05) is 17.1 Å². The zero-order valence-corrected chi connectivity index (χ0v) is 20.5. The van der Waals surface area contributed by atoms with Gasteiger partial charge in [-0.25, -0.2) is 4.90 Å². The lowest BCUT2D eigenvalue weighted by atomic mass is 10.1. The highest BCUT2D eigenvalue weighted by Crippen LogP contribution is 2.28. The van der Waals surface area contributed by atoms with Crippen molar-refractivity contribution in [1.29, 1.82) is 0 Å². The number of imide groups is 1. The number of benzene rings is 3. The summed E-state index contributed by atoms with van der Waals surface area (Å²) in [6, 6.07) is 20.5. The van der Waals surface area contributed by atoms with Gasteiger partial charge in [-0.3, -0.25) is 14.4 Å². The number of halogens is 1. The number of hydrogen-bond acceptors (Lipinski definition) is 4. The Morgan fingerprint density at radius 3 is 2.43 bits per heavy atom. The summed E-state index contributed by atoms with van der Waals surface area (Å²) in [7, 11) is 0. The molecular formula is C28H27ClN2O4. The Bertz CT molecular complexity index is 1220. The summed E-state index contributed by atoms with van der Waals surface area (Å²) in [5, 5.41) is 0.604. The molecule has 180 valence electrons. The molecule has 1 saturated heterocycles. The molecule has 1 unspecified atom stereocenters. The second-order valence-electron chi connectivity index (χ2n) is 8.46. The van der Waals surface area contributed by atoms with Crippen LogP contribution in [0.2, 0.25) is 5.02 Å². The Labute approximate surface area is 210 Å². The Morgan fingerprint density at radius 1 is 1.06 bits per heavy atom. The van der Waals surface area contributed by atoms with Gasteiger partial charge >= 0.3 is 0 Å². The van der Waals surface area contributed by atoms with Crippen LogP contribution < -0.4 is 9.64 Å². The second-order valence-corrected chi connectivity index (χ2v) is 8.90. The fourth-order valence-corrected chi connectivity index (χ4v) is 4.40. The van der Waals surface area contributed by atoms with Crippen LogP contribution >= 0.6 is 11.6 Å². The van der Waals surface area contributed by atoms with Crippen LogP contribution in [0.4, 0.5) is 5.69 Å². The summed E-state index contributed by atoms with van der Waals surface area (Å²) in [5.74, 6) is -0.379. The molecule has 1 heterocycles. The Kier molecular flexibility index (Phi) is 7.51. The van der Waals surface area contributed by atoms with Gasteiger partial charge in [-0.1, -0.05) is 41.4 Å². The van der Waals surface area contributed by atoms with E-state index >= 15 is 0 Å². The lowest BCUT2D eigenvalue weighted by molar-refractivity contribution is -0.122. The van der Waals surface area contributed by atoms with Gasteiger partial charge in [0.05, 0.1) is 18.7 Å². The molecule has 1 aliphatic heterocycles. The van der Waals surface area contributed by atoms with Crippen molar-refractivity contribution in [1.82, 2.24) is 4.90 Å². The van der Waals surface area contributed by atoms with Crippen molar-refractivity contribution in [3.8, 4) is 5.75 Å². The number of nitrogens with zero attached hydrogens (tertiary/aromatic N) is 2. The molecule has 0 bridgehead atoms. The number of aryl methyl sites for hydroxylation is 1. The fourth-order valence-electron chi connectivity index (χ4n) is 4.19. The maximum absolute atomic E-state index is 13.5. The molecule has 0 aliphatic carbocycles. The maximum atomic E-state index is 13.5. The minimum Gasteiger partial charge on any atom is -0.494 e. The van der Waals surface area contributed by atoms with Crippen molar-refractivity contribution in [3.63, 3.8) is 0 Å². The van der Waals surface area contributed by atoms with Crippen LogP contribution in [0.15, 0.2) is 72.8 Å². The molecule has 7 heteroatoms. The van der Waals surface area contributed by atoms with Crippen LogP contribution in [0.1, 0.15) is 34.8 Å². The van der Waals surface area contributed by atoms with Gasteiger partial charge in [0.25, 0.3) is 11.8 Å². The van der Waals surface area contributed by atoms with Gasteiger partial charge < -0.3 is 9.64 Å². The third kappa shape index (κ3) is 5.54. The summed E-state index contributed by atoms with van der Waals surface area (Å²) in [4.78, 5) is 42.7. The molecule has 4 rings (SSSR count). The minimum absolute atomic E-state index is 0.0702. The van der Waals surface area contributed by atoms with Crippen LogP contribution in [0, 0.1) is 6.92 Å². The van der Waals surface area contributed by atoms with Crippen LogP contribution in [0.5, 0.6) is 5.75 Å². The first-order valence-electron chi connectivity index (χ1n) is 11.6. The highest BCUT2D eigenvalue weighted by molar-refractivity contribution is 6.30. The summed E-state index contributed by atoms with van der Waals surface area (Å²) >= 11 is 6.13. The summed E-state index contributed by atoms with van der Waals surface area (Å²) < 4.78 is 5.46. The van der Waals surface area contributed by atoms with Crippen molar-refractivity contribution in [3.05, 3.63) is 94.5 Å². The zero-order valence-electron chi connectivity index (χ0n) is 19.7. The van der Waals surface area contributed by atoms with Crippen molar-refractivity contribution in [2.75, 3.05) is 18.1 Å². The number of anilines is 1. The van der Waals surface area contributed by atoms with E-state index in [9.17, 15) is 14.4 Å². The normalized spacial score (nSPS) is 15.4. The molecule has 0 aromatic heterocycles. The molecule has 0 spiro atoms. The fraction of sp³-hybridized carbons (Fsp3) is 0.250. The molecule has 1 atom stereocenters. The molecule has 3 amide bonds. The predicted molar refractivity (Wildman–Crippen MR) is 136 cm³/mol. The molecule has 3 aromatic carbocycles. The first kappa shape index (κ1) is 24.5. The summed E-state index contributed by atoms with van der Waals surface area (Å²) in [5.41, 5.74) is 2.91. The Morgan fingerprint density at radius 2 is 1.77 bits per heavy atom. The third-order valence-corrected chi connectivity index (χ3v) is 6.23. The average molecular weight is 491 g/mol. The van der Waals surface area contributed by atoms with Crippen LogP contribution in [-0.2, 0) is 16.0 Å². The monoisotopic (exact) mass is 490 g/mol. The predicted octanol–water partition coefficient (Wildman–Crippen LogP) is 5.06. The SMILES string of the molecule is CCOc1ccc(N2C(=O)CC(N(CCc3cccc(Cl)c3)C(=O)c3ccc(C)cc3)C2=O)cc1. The maximum Gasteiger partial charge on any atom is 0.257 e. The van der Waals surface area contributed by atoms with Gasteiger partial charge in [0.2, 0.25) is 5.91 Å². The third-order valence-electron chi connectivity index (χ3n) is 5.99. The highest BCUT2D eigenvalue weighted by atomic mass is 35.5. The summed E-state index contributed by atoms with van der Waals surface area (Å²) in [6.45, 7) is 4.62. The van der Waals surface area contributed by atoms with E-state index in [0.717, 1.165) is 16.0 Å². The molecule has 0 saturated carbocycles. The molecule has 6 nitrogen and oxygen atoms in total. The molecular weight excluding hydrogens is 464 g/mol. The standard InChI is InChI=1S/C28H27ClN2O4/c1-3-35-24-13-11-23(12-14-24)31-26(32)18-25(28(31)34)30(16-15-20-5-4-6-22(29)17-20)27(33)21-9-7-19(2)8-10-21/h4-14,17,25H,3,15-16,18H2,1-2H3. The number of hydrogen-bond donors (Lipinski definition) is 0. The van der Waals surface area contributed by atoms with E-state index in [4.69, 9.17) is 16.3 Å². The van der Waals surface area contributed by atoms with Crippen LogP contribution in [-0.4, -0.2) is 41.8 Å². The highest BCUT2D eigenvalue weighted by Gasteiger charge is 2.44. The average Bonchev–Trinajstić information content (AvgIpc) is 3.14. The lowest BCUT2D eigenvalue weighted by Crippen LogP contribution is -2.46. The van der Waals surface area contributed by atoms with Crippen molar-refractivity contribution in [2.45, 2.75) is 32.7 Å². The van der Waals surface area contributed by atoms with Gasteiger partial charge in [0.15, 0.2) is 0 Å². The molecule has 1 aliphatic rings. The van der Waals surface area contributed by atoms with Crippen molar-refractivity contribution in [2.24, 2.45) is 0 Å². The number of amides is 3. The van der Waals surface area contributed by atoms with E-state index < -0.39 is 11.9 Å². The molecule has 0 radical (unpaired) electrons. The number of carbonyl (C=O) groups excluding carboxylic acids is 3. The quantitative estimate of drug-likeness (QED) is 0.414. The second kappa shape index (κ2) is 10.7. The van der Waals surface area contributed by atoms with E-state index in [1.54, 1.807) is 42.5 Å². The Hall–Kier alpha value is -3.64. The van der Waals surface area contributed by atoms with Crippen molar-refractivity contribution >= 4 is 35.0 Å². The number of rotatable bonds is 8. The number of carbonyl (C=O) groups is 3. The van der Waals surface area contributed by atoms with Crippen LogP contribution in [0.3, 0.4) is 0 Å².